The molecule has 0 spiro atoms. The fourth-order valence-electron chi connectivity index (χ4n) is 2.63. The third-order valence-electron chi connectivity index (χ3n) is 4.00. The molecule has 136 valence electrons. The van der Waals surface area contributed by atoms with Gasteiger partial charge in [-0.2, -0.15) is 0 Å². The van der Waals surface area contributed by atoms with E-state index in [1.165, 1.54) is 16.7 Å². The van der Waals surface area contributed by atoms with Crippen molar-refractivity contribution in [3.05, 3.63) is 64.7 Å². The van der Waals surface area contributed by atoms with Gasteiger partial charge in [-0.3, -0.25) is 4.99 Å². The Morgan fingerprint density at radius 3 is 2.56 bits per heavy atom. The van der Waals surface area contributed by atoms with Crippen molar-refractivity contribution >= 4 is 29.9 Å². The summed E-state index contributed by atoms with van der Waals surface area (Å²) in [5, 5.41) is 6.70. The average molecular weight is 453 g/mol. The summed E-state index contributed by atoms with van der Waals surface area (Å²) < 4.78 is 5.25. The van der Waals surface area contributed by atoms with Gasteiger partial charge in [0.2, 0.25) is 0 Å². The topological polar surface area (TPSA) is 45.7 Å². The van der Waals surface area contributed by atoms with Gasteiger partial charge in [-0.1, -0.05) is 35.9 Å². The second-order valence-corrected chi connectivity index (χ2v) is 5.88. The first-order valence-corrected chi connectivity index (χ1v) is 8.26. The molecule has 0 unspecified atom stereocenters. The lowest BCUT2D eigenvalue weighted by atomic mass is 10.0. The van der Waals surface area contributed by atoms with Gasteiger partial charge in [0.1, 0.15) is 5.75 Å². The van der Waals surface area contributed by atoms with Gasteiger partial charge in [0.25, 0.3) is 0 Å². The zero-order valence-corrected chi connectivity index (χ0v) is 17.8. The monoisotopic (exact) mass is 453 g/mol. The first-order valence-electron chi connectivity index (χ1n) is 8.26. The van der Waals surface area contributed by atoms with E-state index in [0.717, 1.165) is 30.2 Å². The molecule has 0 radical (unpaired) electrons. The van der Waals surface area contributed by atoms with E-state index in [1.54, 1.807) is 14.2 Å². The molecule has 0 bridgehead atoms. The third-order valence-corrected chi connectivity index (χ3v) is 4.00. The van der Waals surface area contributed by atoms with E-state index in [0.29, 0.717) is 6.54 Å². The van der Waals surface area contributed by atoms with Crippen molar-refractivity contribution in [2.24, 2.45) is 4.99 Å². The number of hydrogen-bond acceptors (Lipinski definition) is 2. The highest BCUT2D eigenvalue weighted by Crippen LogP contribution is 2.12. The molecule has 5 heteroatoms. The van der Waals surface area contributed by atoms with Crippen LogP contribution in [0.4, 0.5) is 0 Å². The van der Waals surface area contributed by atoms with E-state index in [4.69, 9.17) is 4.74 Å². The maximum Gasteiger partial charge on any atom is 0.191 e. The second kappa shape index (κ2) is 11.0. The van der Waals surface area contributed by atoms with Crippen molar-refractivity contribution in [3.8, 4) is 5.75 Å². The normalized spacial score (nSPS) is 10.8. The second-order valence-electron chi connectivity index (χ2n) is 5.88. The van der Waals surface area contributed by atoms with E-state index in [-0.39, 0.29) is 24.0 Å². The lowest BCUT2D eigenvalue weighted by molar-refractivity contribution is 0.414. The zero-order chi connectivity index (χ0) is 17.4. The van der Waals surface area contributed by atoms with Gasteiger partial charge < -0.3 is 15.4 Å². The first kappa shape index (κ1) is 21.3. The molecule has 2 aromatic rings. The summed E-state index contributed by atoms with van der Waals surface area (Å²) in [5.74, 6) is 1.68. The van der Waals surface area contributed by atoms with Crippen molar-refractivity contribution in [3.63, 3.8) is 0 Å². The Morgan fingerprint density at radius 2 is 1.88 bits per heavy atom. The van der Waals surface area contributed by atoms with Crippen LogP contribution in [0, 0.1) is 13.8 Å². The number of benzene rings is 2. The summed E-state index contributed by atoms with van der Waals surface area (Å²) in [7, 11) is 3.47. The largest absolute Gasteiger partial charge is 0.497 e. The molecule has 2 aromatic carbocycles. The van der Waals surface area contributed by atoms with Crippen molar-refractivity contribution < 1.29 is 4.74 Å². The molecule has 0 saturated carbocycles. The minimum absolute atomic E-state index is 0. The van der Waals surface area contributed by atoms with E-state index in [2.05, 4.69) is 53.7 Å². The van der Waals surface area contributed by atoms with E-state index in [1.807, 2.05) is 18.2 Å². The molecular weight excluding hydrogens is 425 g/mol. The van der Waals surface area contributed by atoms with Gasteiger partial charge in [0.15, 0.2) is 5.96 Å². The Hall–Kier alpha value is -1.76. The molecule has 0 fully saturated rings. The fourth-order valence-corrected chi connectivity index (χ4v) is 2.63. The number of nitrogens with zero attached hydrogens (tertiary/aromatic N) is 1. The standard InChI is InChI=1S/C20H27N3O.HI/c1-15-8-9-18(16(2)12-15)10-11-22-20(21-3)23-14-17-6-5-7-19(13-17)24-4;/h5-9,12-13H,10-11,14H2,1-4H3,(H2,21,22,23);1H. The molecule has 0 aliphatic rings. The first-order chi connectivity index (χ1) is 11.6. The van der Waals surface area contributed by atoms with Crippen LogP contribution in [0.25, 0.3) is 0 Å². The van der Waals surface area contributed by atoms with Crippen LogP contribution in [0.2, 0.25) is 0 Å². The number of methoxy groups -OCH3 is 1. The molecule has 0 aromatic heterocycles. The number of guanidine groups is 1. The highest BCUT2D eigenvalue weighted by Gasteiger charge is 2.02. The molecule has 0 atom stereocenters. The quantitative estimate of drug-likeness (QED) is 0.397. The summed E-state index contributed by atoms with van der Waals surface area (Å²) in [6.45, 7) is 5.85. The Bertz CT molecular complexity index is 701. The molecule has 4 nitrogen and oxygen atoms in total. The van der Waals surface area contributed by atoms with Gasteiger partial charge >= 0.3 is 0 Å². The highest BCUT2D eigenvalue weighted by atomic mass is 127. The number of aliphatic imine (C=N–C) groups is 1. The lowest BCUT2D eigenvalue weighted by Crippen LogP contribution is -2.37. The zero-order valence-electron chi connectivity index (χ0n) is 15.4. The molecule has 25 heavy (non-hydrogen) atoms. The molecule has 0 heterocycles. The SMILES string of the molecule is CN=C(NCCc1ccc(C)cc1C)NCc1cccc(OC)c1.I. The number of hydrogen-bond donors (Lipinski definition) is 2. The van der Waals surface area contributed by atoms with Crippen LogP contribution >= 0.6 is 24.0 Å². The van der Waals surface area contributed by atoms with Crippen LogP contribution in [0.3, 0.4) is 0 Å². The molecule has 0 amide bonds. The van der Waals surface area contributed by atoms with Crippen LogP contribution in [0.15, 0.2) is 47.5 Å². The van der Waals surface area contributed by atoms with Crippen LogP contribution in [-0.2, 0) is 13.0 Å². The predicted molar refractivity (Wildman–Crippen MR) is 116 cm³/mol. The van der Waals surface area contributed by atoms with E-state index < -0.39 is 0 Å². The van der Waals surface area contributed by atoms with Gasteiger partial charge in [-0.05, 0) is 49.1 Å². The van der Waals surface area contributed by atoms with Crippen LogP contribution < -0.4 is 15.4 Å². The lowest BCUT2D eigenvalue weighted by Gasteiger charge is -2.13. The van der Waals surface area contributed by atoms with Crippen LogP contribution in [0.5, 0.6) is 5.75 Å². The smallest absolute Gasteiger partial charge is 0.191 e. The number of rotatable bonds is 6. The van der Waals surface area contributed by atoms with Gasteiger partial charge in [-0.15, -0.1) is 24.0 Å². The number of halogens is 1. The van der Waals surface area contributed by atoms with E-state index in [9.17, 15) is 0 Å². The third kappa shape index (κ3) is 6.94. The van der Waals surface area contributed by atoms with Crippen molar-refractivity contribution in [2.45, 2.75) is 26.8 Å². The Morgan fingerprint density at radius 1 is 1.08 bits per heavy atom. The maximum absolute atomic E-state index is 5.25. The molecule has 0 saturated heterocycles. The van der Waals surface area contributed by atoms with Crippen molar-refractivity contribution in [1.82, 2.24) is 10.6 Å². The number of ether oxygens (including phenoxy) is 1. The highest BCUT2D eigenvalue weighted by molar-refractivity contribution is 14.0. The molecule has 0 aliphatic heterocycles. The minimum Gasteiger partial charge on any atom is -0.497 e. The minimum atomic E-state index is 0. The Kier molecular flexibility index (Phi) is 9.34. The van der Waals surface area contributed by atoms with Crippen molar-refractivity contribution in [2.75, 3.05) is 20.7 Å². The molecule has 2 N–H and O–H groups in total. The van der Waals surface area contributed by atoms with Crippen LogP contribution in [-0.4, -0.2) is 26.7 Å². The van der Waals surface area contributed by atoms with E-state index >= 15 is 0 Å². The molecule has 2 rings (SSSR count). The number of aryl methyl sites for hydroxylation is 2. The Labute approximate surface area is 168 Å². The average Bonchev–Trinajstić information content (AvgIpc) is 2.59. The van der Waals surface area contributed by atoms with Crippen LogP contribution in [0.1, 0.15) is 22.3 Å². The van der Waals surface area contributed by atoms with Gasteiger partial charge in [0, 0.05) is 20.1 Å². The number of nitrogens with one attached hydrogen (secondary N) is 2. The van der Waals surface area contributed by atoms with Gasteiger partial charge in [0.05, 0.1) is 7.11 Å². The summed E-state index contributed by atoms with van der Waals surface area (Å²) in [4.78, 5) is 4.28. The summed E-state index contributed by atoms with van der Waals surface area (Å²) in [6.07, 6.45) is 0.978. The van der Waals surface area contributed by atoms with Crippen molar-refractivity contribution in [1.29, 1.82) is 0 Å². The fraction of sp³-hybridized carbons (Fsp3) is 0.350. The summed E-state index contributed by atoms with van der Waals surface area (Å²) in [6, 6.07) is 14.6. The van der Waals surface area contributed by atoms with Gasteiger partial charge in [-0.25, -0.2) is 0 Å². The molecule has 0 aliphatic carbocycles. The Balaban J connectivity index is 0.00000312. The summed E-state index contributed by atoms with van der Waals surface area (Å²) >= 11 is 0. The molecular formula is C20H28IN3O. The predicted octanol–water partition coefficient (Wildman–Crippen LogP) is 3.84. The summed E-state index contributed by atoms with van der Waals surface area (Å²) in [5.41, 5.74) is 5.18. The maximum atomic E-state index is 5.25.